The normalized spacial score (nSPS) is 18.4. The van der Waals surface area contributed by atoms with Gasteiger partial charge in [0.2, 0.25) is 0 Å². The maximum absolute atomic E-state index is 12.9. The van der Waals surface area contributed by atoms with Crippen LogP contribution in [0.4, 0.5) is 0 Å². The summed E-state index contributed by atoms with van der Waals surface area (Å²) in [5.41, 5.74) is 1.54. The monoisotopic (exact) mass is 315 g/mol. The van der Waals surface area contributed by atoms with E-state index in [1.165, 1.54) is 6.42 Å². The first kappa shape index (κ1) is 15.0. The number of aromatic amines is 1. The first-order chi connectivity index (χ1) is 10.7. The number of hydrogen-bond donors (Lipinski definition) is 1. The van der Waals surface area contributed by atoms with E-state index < -0.39 is 0 Å². The van der Waals surface area contributed by atoms with Gasteiger partial charge in [-0.05, 0) is 43.1 Å². The Hall–Kier alpha value is -1.88. The van der Waals surface area contributed by atoms with Crippen LogP contribution in [0.25, 0.3) is 5.69 Å². The molecule has 2 heterocycles. The number of carbonyl (C=O) groups is 1. The molecule has 3 rings (SSSR count). The summed E-state index contributed by atoms with van der Waals surface area (Å²) >= 11 is 5.36. The summed E-state index contributed by atoms with van der Waals surface area (Å²) in [6.45, 7) is 3.88. The third-order valence-electron chi connectivity index (χ3n) is 4.39. The topological polar surface area (TPSA) is 41.0 Å². The lowest BCUT2D eigenvalue weighted by Gasteiger charge is -2.32. The Morgan fingerprint density at radius 1 is 1.36 bits per heavy atom. The molecule has 1 aromatic carbocycles. The molecule has 4 nitrogen and oxygen atoms in total. The van der Waals surface area contributed by atoms with Crippen LogP contribution in [0.3, 0.4) is 0 Å². The second-order valence-electron chi connectivity index (χ2n) is 5.82. The van der Waals surface area contributed by atoms with Crippen molar-refractivity contribution in [2.24, 2.45) is 5.92 Å². The Morgan fingerprint density at radius 3 is 2.86 bits per heavy atom. The molecule has 1 fully saturated rings. The first-order valence-corrected chi connectivity index (χ1v) is 8.26. The molecular weight excluding hydrogens is 294 g/mol. The van der Waals surface area contributed by atoms with Gasteiger partial charge in [-0.25, -0.2) is 0 Å². The molecular formula is C17H21N3OS. The number of amides is 1. The Balaban J connectivity index is 1.92. The first-order valence-electron chi connectivity index (χ1n) is 7.86. The number of likely N-dealkylation sites (tertiary alicyclic amines) is 1. The number of nitrogens with zero attached hydrogens (tertiary/aromatic N) is 2. The van der Waals surface area contributed by atoms with Crippen LogP contribution in [-0.2, 0) is 0 Å². The minimum absolute atomic E-state index is 0.0642. The van der Waals surface area contributed by atoms with Gasteiger partial charge in [-0.2, -0.15) is 0 Å². The van der Waals surface area contributed by atoms with Crippen molar-refractivity contribution in [2.45, 2.75) is 26.2 Å². The number of imidazole rings is 1. The summed E-state index contributed by atoms with van der Waals surface area (Å²) in [7, 11) is 0. The van der Waals surface area contributed by atoms with Crippen molar-refractivity contribution in [1.29, 1.82) is 0 Å². The summed E-state index contributed by atoms with van der Waals surface area (Å²) in [6, 6.07) is 9.79. The lowest BCUT2D eigenvalue weighted by atomic mass is 9.95. The molecule has 1 saturated heterocycles. The molecule has 1 atom stereocenters. The molecule has 0 radical (unpaired) electrons. The number of aromatic nitrogens is 2. The molecule has 1 N–H and O–H groups in total. The highest BCUT2D eigenvalue weighted by molar-refractivity contribution is 7.71. The zero-order chi connectivity index (χ0) is 15.5. The van der Waals surface area contributed by atoms with Gasteiger partial charge in [0.15, 0.2) is 4.77 Å². The maximum atomic E-state index is 12.9. The van der Waals surface area contributed by atoms with E-state index in [0.717, 1.165) is 31.6 Å². The molecule has 0 saturated carbocycles. The summed E-state index contributed by atoms with van der Waals surface area (Å²) in [5, 5.41) is 0. The highest BCUT2D eigenvalue weighted by atomic mass is 32.1. The Labute approximate surface area is 135 Å². The number of carbonyl (C=O) groups excluding carboxylic acids is 1. The van der Waals surface area contributed by atoms with Crippen LogP contribution < -0.4 is 0 Å². The minimum atomic E-state index is 0.0642. The number of para-hydroxylation sites is 1. The van der Waals surface area contributed by atoms with Crippen molar-refractivity contribution in [3.8, 4) is 5.69 Å². The summed E-state index contributed by atoms with van der Waals surface area (Å²) in [4.78, 5) is 17.9. The van der Waals surface area contributed by atoms with Crippen molar-refractivity contribution in [1.82, 2.24) is 14.5 Å². The van der Waals surface area contributed by atoms with E-state index in [1.54, 1.807) is 6.20 Å². The lowest BCUT2D eigenvalue weighted by molar-refractivity contribution is 0.0663. The summed E-state index contributed by atoms with van der Waals surface area (Å²) in [5.74, 6) is 0.680. The Bertz CT molecular complexity index is 704. The van der Waals surface area contributed by atoms with Crippen LogP contribution in [0, 0.1) is 10.7 Å². The van der Waals surface area contributed by atoms with E-state index in [-0.39, 0.29) is 5.91 Å². The molecule has 5 heteroatoms. The fraction of sp³-hybridized carbons (Fsp3) is 0.412. The third-order valence-corrected chi connectivity index (χ3v) is 4.69. The van der Waals surface area contributed by atoms with Crippen LogP contribution in [0.5, 0.6) is 0 Å². The van der Waals surface area contributed by atoms with E-state index in [9.17, 15) is 4.79 Å². The fourth-order valence-corrected chi connectivity index (χ4v) is 3.37. The van der Waals surface area contributed by atoms with Crippen molar-refractivity contribution in [3.63, 3.8) is 0 Å². The second kappa shape index (κ2) is 6.48. The van der Waals surface area contributed by atoms with Gasteiger partial charge in [0.1, 0.15) is 5.69 Å². The van der Waals surface area contributed by atoms with Gasteiger partial charge in [0, 0.05) is 25.0 Å². The quantitative estimate of drug-likeness (QED) is 0.875. The van der Waals surface area contributed by atoms with Gasteiger partial charge in [-0.3, -0.25) is 9.36 Å². The average Bonchev–Trinajstić information content (AvgIpc) is 2.96. The molecule has 0 bridgehead atoms. The molecule has 1 aliphatic rings. The van der Waals surface area contributed by atoms with E-state index in [1.807, 2.05) is 39.8 Å². The molecule has 0 spiro atoms. The highest BCUT2D eigenvalue weighted by Crippen LogP contribution is 2.22. The molecule has 2 aromatic rings. The van der Waals surface area contributed by atoms with Crippen molar-refractivity contribution < 1.29 is 4.79 Å². The second-order valence-corrected chi connectivity index (χ2v) is 6.20. The van der Waals surface area contributed by atoms with Gasteiger partial charge in [0.05, 0.1) is 0 Å². The van der Waals surface area contributed by atoms with E-state index in [0.29, 0.717) is 16.4 Å². The third kappa shape index (κ3) is 2.86. The minimum Gasteiger partial charge on any atom is -0.337 e. The van der Waals surface area contributed by atoms with Crippen molar-refractivity contribution in [2.75, 3.05) is 13.1 Å². The SMILES string of the molecule is CCC1CCCN(C(=O)c2c[nH]c(=S)n2-c2ccccc2)C1. The fourth-order valence-electron chi connectivity index (χ4n) is 3.10. The Morgan fingerprint density at radius 2 is 2.14 bits per heavy atom. The number of piperidine rings is 1. The molecule has 116 valence electrons. The van der Waals surface area contributed by atoms with Crippen LogP contribution in [0.15, 0.2) is 36.5 Å². The van der Waals surface area contributed by atoms with Gasteiger partial charge < -0.3 is 9.88 Å². The van der Waals surface area contributed by atoms with Gasteiger partial charge >= 0.3 is 0 Å². The zero-order valence-corrected chi connectivity index (χ0v) is 13.6. The smallest absolute Gasteiger partial charge is 0.272 e. The van der Waals surface area contributed by atoms with Gasteiger partial charge in [0.25, 0.3) is 5.91 Å². The van der Waals surface area contributed by atoms with Crippen LogP contribution >= 0.6 is 12.2 Å². The highest BCUT2D eigenvalue weighted by Gasteiger charge is 2.26. The Kier molecular flexibility index (Phi) is 4.43. The average molecular weight is 315 g/mol. The number of hydrogen-bond acceptors (Lipinski definition) is 2. The van der Waals surface area contributed by atoms with Crippen molar-refractivity contribution >= 4 is 18.1 Å². The summed E-state index contributed by atoms with van der Waals surface area (Å²) < 4.78 is 2.38. The number of rotatable bonds is 3. The molecule has 1 aromatic heterocycles. The predicted molar refractivity (Wildman–Crippen MR) is 89.9 cm³/mol. The lowest BCUT2D eigenvalue weighted by Crippen LogP contribution is -2.40. The molecule has 0 aliphatic carbocycles. The van der Waals surface area contributed by atoms with Crippen LogP contribution in [-0.4, -0.2) is 33.4 Å². The maximum Gasteiger partial charge on any atom is 0.272 e. The number of nitrogens with one attached hydrogen (secondary N) is 1. The van der Waals surface area contributed by atoms with E-state index in [4.69, 9.17) is 12.2 Å². The number of H-pyrrole nitrogens is 1. The van der Waals surface area contributed by atoms with E-state index in [2.05, 4.69) is 11.9 Å². The standard InChI is InChI=1S/C17H21N3OS/c1-2-13-7-6-10-19(12-13)16(21)15-11-18-17(22)20(15)14-8-4-3-5-9-14/h3-5,8-9,11,13H,2,6-7,10,12H2,1H3,(H,18,22). The van der Waals surface area contributed by atoms with Gasteiger partial charge in [-0.1, -0.05) is 31.5 Å². The van der Waals surface area contributed by atoms with E-state index >= 15 is 0 Å². The predicted octanol–water partition coefficient (Wildman–Crippen LogP) is 3.80. The summed E-state index contributed by atoms with van der Waals surface area (Å²) in [6.07, 6.45) is 5.16. The zero-order valence-electron chi connectivity index (χ0n) is 12.8. The molecule has 1 aliphatic heterocycles. The molecule has 22 heavy (non-hydrogen) atoms. The largest absolute Gasteiger partial charge is 0.337 e. The van der Waals surface area contributed by atoms with Gasteiger partial charge in [-0.15, -0.1) is 0 Å². The molecule has 1 amide bonds. The van der Waals surface area contributed by atoms with Crippen LogP contribution in [0.1, 0.15) is 36.7 Å². The number of benzene rings is 1. The molecule has 1 unspecified atom stereocenters. The van der Waals surface area contributed by atoms with Crippen LogP contribution in [0.2, 0.25) is 0 Å². The van der Waals surface area contributed by atoms with Crippen molar-refractivity contribution in [3.05, 3.63) is 47.0 Å².